The molecule has 7 nitrogen and oxygen atoms in total. The van der Waals surface area contributed by atoms with E-state index in [1.807, 2.05) is 20.9 Å². The van der Waals surface area contributed by atoms with Gasteiger partial charge in [-0.05, 0) is 20.3 Å². The average molecular weight is 304 g/mol. The third-order valence-electron chi connectivity index (χ3n) is 3.11. The number of rotatable bonds is 12. The Morgan fingerprint density at radius 1 is 1.29 bits per heavy atom. The van der Waals surface area contributed by atoms with Crippen molar-refractivity contribution in [3.8, 4) is 0 Å². The number of hydroxylamine groups is 2. The smallest absolute Gasteiger partial charge is 0.303 e. The number of carboxylic acid groups (broad SMARTS) is 1. The predicted octanol–water partition coefficient (Wildman–Crippen LogP) is 1.04. The van der Waals surface area contributed by atoms with Gasteiger partial charge in [-0.3, -0.25) is 14.4 Å². The summed E-state index contributed by atoms with van der Waals surface area (Å²) in [6, 6.07) is 0. The molecule has 124 valence electrons. The molecule has 0 fully saturated rings. The fourth-order valence-corrected chi connectivity index (χ4v) is 1.45. The highest BCUT2D eigenvalue weighted by atomic mass is 16.7. The van der Waals surface area contributed by atoms with E-state index < -0.39 is 5.97 Å². The molecule has 0 aromatic heterocycles. The molecule has 0 aliphatic heterocycles. The minimum absolute atomic E-state index is 0.0216. The highest BCUT2D eigenvalue weighted by molar-refractivity contribution is 5.80. The highest BCUT2D eigenvalue weighted by Crippen LogP contribution is 2.12. The maximum absolute atomic E-state index is 11.3. The van der Waals surface area contributed by atoms with Crippen LogP contribution < -0.4 is 5.32 Å². The summed E-state index contributed by atoms with van der Waals surface area (Å²) in [5, 5.41) is 12.9. The van der Waals surface area contributed by atoms with Gasteiger partial charge in [-0.1, -0.05) is 0 Å². The Bertz CT molecular complexity index is 320. The number of nitrogens with one attached hydrogen (secondary N) is 1. The first kappa shape index (κ1) is 19.8. The van der Waals surface area contributed by atoms with Gasteiger partial charge in [0.1, 0.15) is 0 Å². The molecule has 7 heteroatoms. The summed E-state index contributed by atoms with van der Waals surface area (Å²) in [6.45, 7) is 5.77. The first-order chi connectivity index (χ1) is 9.76. The van der Waals surface area contributed by atoms with Crippen molar-refractivity contribution in [1.29, 1.82) is 0 Å². The van der Waals surface area contributed by atoms with Crippen LogP contribution in [-0.2, 0) is 19.2 Å². The third-order valence-corrected chi connectivity index (χ3v) is 3.11. The second-order valence-electron chi connectivity index (χ2n) is 5.50. The summed E-state index contributed by atoms with van der Waals surface area (Å²) in [6.07, 6.45) is 1.42. The van der Waals surface area contributed by atoms with Gasteiger partial charge in [0.15, 0.2) is 0 Å². The molecule has 0 atom stereocenters. The molecule has 0 heterocycles. The van der Waals surface area contributed by atoms with Crippen LogP contribution in [0.15, 0.2) is 0 Å². The molecular weight excluding hydrogens is 276 g/mol. The van der Waals surface area contributed by atoms with E-state index in [2.05, 4.69) is 5.32 Å². The number of hydrogen-bond donors (Lipinski definition) is 2. The van der Waals surface area contributed by atoms with Crippen LogP contribution in [0.25, 0.3) is 0 Å². The van der Waals surface area contributed by atoms with Crippen molar-refractivity contribution < 1.29 is 24.3 Å². The van der Waals surface area contributed by atoms with Crippen LogP contribution in [0.5, 0.6) is 0 Å². The van der Waals surface area contributed by atoms with Crippen molar-refractivity contribution in [3.63, 3.8) is 0 Å². The summed E-state index contributed by atoms with van der Waals surface area (Å²) in [5.41, 5.74) is -0.195. The van der Waals surface area contributed by atoms with Gasteiger partial charge in [0.2, 0.25) is 5.91 Å². The van der Waals surface area contributed by atoms with E-state index in [-0.39, 0.29) is 24.3 Å². The molecule has 0 aromatic carbocycles. The summed E-state index contributed by atoms with van der Waals surface area (Å²) in [5.74, 6) is -1.19. The van der Waals surface area contributed by atoms with E-state index in [4.69, 9.17) is 14.7 Å². The van der Waals surface area contributed by atoms with Gasteiger partial charge in [0.25, 0.3) is 0 Å². The van der Waals surface area contributed by atoms with E-state index in [0.29, 0.717) is 19.7 Å². The lowest BCUT2D eigenvalue weighted by Crippen LogP contribution is -2.30. The Labute approximate surface area is 126 Å². The Morgan fingerprint density at radius 2 is 1.95 bits per heavy atom. The average Bonchev–Trinajstić information content (AvgIpc) is 2.41. The molecule has 2 N–H and O–H groups in total. The van der Waals surface area contributed by atoms with Gasteiger partial charge in [0.05, 0.1) is 18.6 Å². The molecule has 0 saturated carbocycles. The molecule has 1 amide bonds. The maximum Gasteiger partial charge on any atom is 0.303 e. The summed E-state index contributed by atoms with van der Waals surface area (Å²) < 4.78 is 5.30. The van der Waals surface area contributed by atoms with E-state index in [0.717, 1.165) is 12.8 Å². The lowest BCUT2D eigenvalue weighted by atomic mass is 10.1. The Kier molecular flexibility index (Phi) is 9.94. The number of methoxy groups -OCH3 is 1. The van der Waals surface area contributed by atoms with Crippen LogP contribution in [-0.4, -0.2) is 61.5 Å². The molecule has 0 saturated heterocycles. The predicted molar refractivity (Wildman–Crippen MR) is 78.8 cm³/mol. The normalized spacial score (nSPS) is 11.7. The lowest BCUT2D eigenvalue weighted by molar-refractivity contribution is -0.153. The first-order valence-electron chi connectivity index (χ1n) is 7.14. The number of aliphatic carboxylic acids is 1. The SMILES string of the molecule is COC(C)(C)CCON(C)CCCNC(=O)CCC(=O)O. The second-order valence-corrected chi connectivity index (χ2v) is 5.50. The number of carbonyl (C=O) groups excluding carboxylic acids is 1. The molecule has 0 rings (SSSR count). The van der Waals surface area contributed by atoms with Crippen LogP contribution in [0.1, 0.15) is 39.5 Å². The van der Waals surface area contributed by atoms with Gasteiger partial charge in [0, 0.05) is 40.1 Å². The van der Waals surface area contributed by atoms with E-state index >= 15 is 0 Å². The van der Waals surface area contributed by atoms with Crippen molar-refractivity contribution in [2.24, 2.45) is 0 Å². The molecular formula is C14H28N2O5. The number of nitrogens with zero attached hydrogens (tertiary/aromatic N) is 1. The quantitative estimate of drug-likeness (QED) is 0.414. The monoisotopic (exact) mass is 304 g/mol. The zero-order chi connectivity index (χ0) is 16.3. The summed E-state index contributed by atoms with van der Waals surface area (Å²) >= 11 is 0. The van der Waals surface area contributed by atoms with Gasteiger partial charge < -0.3 is 15.2 Å². The van der Waals surface area contributed by atoms with Crippen molar-refractivity contribution in [2.75, 3.05) is 33.9 Å². The molecule has 0 spiro atoms. The number of ether oxygens (including phenoxy) is 1. The second kappa shape index (κ2) is 10.5. The zero-order valence-corrected chi connectivity index (χ0v) is 13.5. The number of hydrogen-bond acceptors (Lipinski definition) is 5. The van der Waals surface area contributed by atoms with Crippen LogP contribution >= 0.6 is 0 Å². The maximum atomic E-state index is 11.3. The standard InChI is InChI=1S/C14H28N2O5/c1-14(2,20-4)8-11-21-16(3)10-5-9-15-12(17)6-7-13(18)19/h5-11H2,1-4H3,(H,15,17)(H,18,19). The molecule has 0 bridgehead atoms. The fourth-order valence-electron chi connectivity index (χ4n) is 1.45. The number of carboxylic acids is 1. The van der Waals surface area contributed by atoms with Gasteiger partial charge in [-0.25, -0.2) is 0 Å². The minimum Gasteiger partial charge on any atom is -0.481 e. The largest absolute Gasteiger partial charge is 0.481 e. The molecule has 0 aliphatic rings. The molecule has 21 heavy (non-hydrogen) atoms. The van der Waals surface area contributed by atoms with Crippen molar-refractivity contribution >= 4 is 11.9 Å². The lowest BCUT2D eigenvalue weighted by Gasteiger charge is -2.24. The Balaban J connectivity index is 3.55. The van der Waals surface area contributed by atoms with E-state index in [9.17, 15) is 9.59 Å². The van der Waals surface area contributed by atoms with Crippen molar-refractivity contribution in [2.45, 2.75) is 45.1 Å². The Hall–Kier alpha value is -1.18. The van der Waals surface area contributed by atoms with Crippen LogP contribution in [0, 0.1) is 0 Å². The van der Waals surface area contributed by atoms with Crippen molar-refractivity contribution in [3.05, 3.63) is 0 Å². The fraction of sp³-hybridized carbons (Fsp3) is 0.857. The van der Waals surface area contributed by atoms with Crippen LogP contribution in [0.3, 0.4) is 0 Å². The van der Waals surface area contributed by atoms with Gasteiger partial charge in [-0.2, -0.15) is 5.06 Å². The van der Waals surface area contributed by atoms with E-state index in [1.165, 1.54) is 0 Å². The van der Waals surface area contributed by atoms with Gasteiger partial charge in [-0.15, -0.1) is 0 Å². The third kappa shape index (κ3) is 12.3. The van der Waals surface area contributed by atoms with E-state index in [1.54, 1.807) is 12.2 Å². The molecule has 0 radical (unpaired) electrons. The highest BCUT2D eigenvalue weighted by Gasteiger charge is 2.16. The van der Waals surface area contributed by atoms with Crippen LogP contribution in [0.4, 0.5) is 0 Å². The zero-order valence-electron chi connectivity index (χ0n) is 13.5. The molecule has 0 unspecified atom stereocenters. The van der Waals surface area contributed by atoms with Crippen LogP contribution in [0.2, 0.25) is 0 Å². The molecule has 0 aliphatic carbocycles. The molecule has 0 aromatic rings. The Morgan fingerprint density at radius 3 is 2.52 bits per heavy atom. The number of amides is 1. The number of carbonyl (C=O) groups is 2. The van der Waals surface area contributed by atoms with Crippen molar-refractivity contribution in [1.82, 2.24) is 10.4 Å². The first-order valence-corrected chi connectivity index (χ1v) is 7.14. The summed E-state index contributed by atoms with van der Waals surface area (Å²) in [4.78, 5) is 27.1. The minimum atomic E-state index is -0.961. The summed E-state index contributed by atoms with van der Waals surface area (Å²) in [7, 11) is 3.52. The van der Waals surface area contributed by atoms with Gasteiger partial charge >= 0.3 is 5.97 Å². The topological polar surface area (TPSA) is 88.1 Å².